The van der Waals surface area contributed by atoms with E-state index in [4.69, 9.17) is 10.5 Å². The Kier molecular flexibility index (Phi) is 4.45. The molecule has 2 nitrogen and oxygen atoms in total. The van der Waals surface area contributed by atoms with Gasteiger partial charge in [0.1, 0.15) is 11.6 Å². The Morgan fingerprint density at radius 2 is 1.80 bits per heavy atom. The molecule has 0 fully saturated rings. The van der Waals surface area contributed by atoms with Gasteiger partial charge in [-0.1, -0.05) is 18.2 Å². The predicted molar refractivity (Wildman–Crippen MR) is 82.6 cm³/mol. The molecule has 0 spiro atoms. The molecule has 2 aromatic carbocycles. The van der Waals surface area contributed by atoms with Crippen molar-refractivity contribution in [2.75, 3.05) is 7.11 Å². The van der Waals surface area contributed by atoms with E-state index >= 15 is 0 Å². The van der Waals surface area contributed by atoms with Crippen molar-refractivity contribution in [2.45, 2.75) is 19.9 Å². The Balaban J connectivity index is 2.59. The van der Waals surface area contributed by atoms with Gasteiger partial charge < -0.3 is 10.5 Å². The summed E-state index contributed by atoms with van der Waals surface area (Å²) in [5, 5.41) is 0. The van der Waals surface area contributed by atoms with Crippen molar-refractivity contribution < 1.29 is 9.13 Å². The van der Waals surface area contributed by atoms with E-state index in [0.29, 0.717) is 10.2 Å². The molecule has 0 aliphatic carbocycles. The molecule has 0 aliphatic heterocycles. The first-order valence-electron chi connectivity index (χ1n) is 6.30. The smallest absolute Gasteiger partial charge is 0.141 e. The summed E-state index contributed by atoms with van der Waals surface area (Å²) in [4.78, 5) is 0. The predicted octanol–water partition coefficient (Wildman–Crippen LogP) is 4.26. The number of hydrogen-bond donors (Lipinski definition) is 1. The van der Waals surface area contributed by atoms with Gasteiger partial charge in [0, 0.05) is 11.6 Å². The molecule has 0 amide bonds. The van der Waals surface area contributed by atoms with Gasteiger partial charge in [-0.3, -0.25) is 0 Å². The minimum Gasteiger partial charge on any atom is -0.496 e. The lowest BCUT2D eigenvalue weighted by Crippen LogP contribution is -2.16. The Bertz CT molecular complexity index is 622. The van der Waals surface area contributed by atoms with E-state index in [2.05, 4.69) is 15.9 Å². The van der Waals surface area contributed by atoms with Crippen molar-refractivity contribution in [2.24, 2.45) is 5.73 Å². The second-order valence-corrected chi connectivity index (χ2v) is 5.65. The van der Waals surface area contributed by atoms with E-state index in [1.165, 1.54) is 13.2 Å². The molecule has 0 bridgehead atoms. The van der Waals surface area contributed by atoms with Crippen LogP contribution in [0.1, 0.15) is 28.3 Å². The molecule has 0 saturated heterocycles. The maximum Gasteiger partial charge on any atom is 0.141 e. The van der Waals surface area contributed by atoms with Gasteiger partial charge in [-0.15, -0.1) is 0 Å². The van der Waals surface area contributed by atoms with E-state index in [1.807, 2.05) is 32.0 Å². The van der Waals surface area contributed by atoms with Crippen molar-refractivity contribution in [3.8, 4) is 5.75 Å². The third-order valence-corrected chi connectivity index (χ3v) is 4.07. The second-order valence-electron chi connectivity index (χ2n) is 4.79. The van der Waals surface area contributed by atoms with Crippen molar-refractivity contribution in [3.63, 3.8) is 0 Å². The molecule has 1 unspecified atom stereocenters. The summed E-state index contributed by atoms with van der Waals surface area (Å²) in [6.45, 7) is 4.04. The Morgan fingerprint density at radius 3 is 2.35 bits per heavy atom. The third kappa shape index (κ3) is 2.72. The molecule has 2 rings (SSSR count). The van der Waals surface area contributed by atoms with Gasteiger partial charge in [0.15, 0.2) is 0 Å². The van der Waals surface area contributed by atoms with Crippen molar-refractivity contribution in [3.05, 3.63) is 62.9 Å². The van der Waals surface area contributed by atoms with Crippen LogP contribution in [0.15, 0.2) is 34.8 Å². The Hall–Kier alpha value is -1.39. The van der Waals surface area contributed by atoms with Crippen LogP contribution >= 0.6 is 15.9 Å². The zero-order chi connectivity index (χ0) is 14.9. The first-order valence-corrected chi connectivity index (χ1v) is 7.09. The first-order chi connectivity index (χ1) is 9.45. The van der Waals surface area contributed by atoms with E-state index < -0.39 is 0 Å². The monoisotopic (exact) mass is 337 g/mol. The molecule has 2 aromatic rings. The van der Waals surface area contributed by atoms with Crippen molar-refractivity contribution in [1.29, 1.82) is 0 Å². The second kappa shape index (κ2) is 5.94. The summed E-state index contributed by atoms with van der Waals surface area (Å²) >= 11 is 3.20. The zero-order valence-corrected chi connectivity index (χ0v) is 13.3. The fraction of sp³-hybridized carbons (Fsp3) is 0.250. The molecule has 4 heteroatoms. The zero-order valence-electron chi connectivity index (χ0n) is 11.7. The lowest BCUT2D eigenvalue weighted by molar-refractivity contribution is 0.404. The Morgan fingerprint density at radius 1 is 1.20 bits per heavy atom. The van der Waals surface area contributed by atoms with Gasteiger partial charge in [-0.05, 0) is 52.5 Å². The van der Waals surface area contributed by atoms with Gasteiger partial charge >= 0.3 is 0 Å². The molecular weight excluding hydrogens is 321 g/mol. The lowest BCUT2D eigenvalue weighted by atomic mass is 9.91. The summed E-state index contributed by atoms with van der Waals surface area (Å²) < 4.78 is 19.2. The highest BCUT2D eigenvalue weighted by Crippen LogP contribution is 2.34. The van der Waals surface area contributed by atoms with Crippen LogP contribution < -0.4 is 10.5 Å². The average Bonchev–Trinajstić information content (AvgIpc) is 2.41. The highest BCUT2D eigenvalue weighted by molar-refractivity contribution is 9.10. The highest BCUT2D eigenvalue weighted by Gasteiger charge is 2.19. The number of hydrogen-bond acceptors (Lipinski definition) is 2. The summed E-state index contributed by atoms with van der Waals surface area (Å²) in [6.07, 6.45) is 0. The van der Waals surface area contributed by atoms with Gasteiger partial charge in [0.2, 0.25) is 0 Å². The standard InChI is InChI=1S/C16H17BrFNO/c1-9-5-4-6-10(2)15(9)16(19)11-7-12(17)13(18)8-14(11)20-3/h4-8,16H,19H2,1-3H3. The Labute approximate surface area is 126 Å². The summed E-state index contributed by atoms with van der Waals surface area (Å²) in [5.74, 6) is 0.0974. The van der Waals surface area contributed by atoms with E-state index in [-0.39, 0.29) is 11.9 Å². The van der Waals surface area contributed by atoms with Crippen LogP contribution in [-0.2, 0) is 0 Å². The van der Waals surface area contributed by atoms with Crippen LogP contribution in [0.5, 0.6) is 5.75 Å². The van der Waals surface area contributed by atoms with E-state index in [0.717, 1.165) is 22.3 Å². The molecule has 20 heavy (non-hydrogen) atoms. The molecule has 2 N–H and O–H groups in total. The number of benzene rings is 2. The fourth-order valence-electron chi connectivity index (χ4n) is 2.44. The summed E-state index contributed by atoms with van der Waals surface area (Å²) in [7, 11) is 1.52. The van der Waals surface area contributed by atoms with E-state index in [1.54, 1.807) is 6.07 Å². The molecule has 0 radical (unpaired) electrons. The maximum absolute atomic E-state index is 13.6. The lowest BCUT2D eigenvalue weighted by Gasteiger charge is -2.20. The van der Waals surface area contributed by atoms with Gasteiger partial charge in [0.05, 0.1) is 17.6 Å². The number of methoxy groups -OCH3 is 1. The average molecular weight is 338 g/mol. The largest absolute Gasteiger partial charge is 0.496 e. The molecule has 0 heterocycles. The van der Waals surface area contributed by atoms with Crippen LogP contribution in [0.3, 0.4) is 0 Å². The number of ether oxygens (including phenoxy) is 1. The summed E-state index contributed by atoms with van der Waals surface area (Å²) in [6, 6.07) is 8.72. The number of aryl methyl sites for hydroxylation is 2. The molecule has 0 aliphatic rings. The molecule has 0 aromatic heterocycles. The van der Waals surface area contributed by atoms with Crippen molar-refractivity contribution >= 4 is 15.9 Å². The van der Waals surface area contributed by atoms with Gasteiger partial charge in [-0.2, -0.15) is 0 Å². The first kappa shape index (κ1) is 15.0. The third-order valence-electron chi connectivity index (χ3n) is 3.46. The van der Waals surface area contributed by atoms with Crippen LogP contribution in [0.4, 0.5) is 4.39 Å². The van der Waals surface area contributed by atoms with Crippen LogP contribution in [-0.4, -0.2) is 7.11 Å². The van der Waals surface area contributed by atoms with E-state index in [9.17, 15) is 4.39 Å². The molecule has 0 saturated carbocycles. The molecule has 1 atom stereocenters. The summed E-state index contributed by atoms with van der Waals surface area (Å²) in [5.41, 5.74) is 10.4. The minimum absolute atomic E-state index is 0.358. The number of rotatable bonds is 3. The maximum atomic E-state index is 13.6. The SMILES string of the molecule is COc1cc(F)c(Br)cc1C(N)c1c(C)cccc1C. The molecular formula is C16H17BrFNO. The topological polar surface area (TPSA) is 35.2 Å². The van der Waals surface area contributed by atoms with Crippen LogP contribution in [0, 0.1) is 19.7 Å². The molecule has 106 valence electrons. The fourth-order valence-corrected chi connectivity index (χ4v) is 2.80. The van der Waals surface area contributed by atoms with Crippen molar-refractivity contribution in [1.82, 2.24) is 0 Å². The number of halogens is 2. The highest BCUT2D eigenvalue weighted by atomic mass is 79.9. The normalized spacial score (nSPS) is 12.3. The number of nitrogens with two attached hydrogens (primary N) is 1. The van der Waals surface area contributed by atoms with Crippen LogP contribution in [0.25, 0.3) is 0 Å². The van der Waals surface area contributed by atoms with Gasteiger partial charge in [0.25, 0.3) is 0 Å². The van der Waals surface area contributed by atoms with Gasteiger partial charge in [-0.25, -0.2) is 4.39 Å². The van der Waals surface area contributed by atoms with Crippen LogP contribution in [0.2, 0.25) is 0 Å². The minimum atomic E-state index is -0.362. The quantitative estimate of drug-likeness (QED) is 0.907.